The third-order valence-electron chi connectivity index (χ3n) is 2.53. The minimum absolute atomic E-state index is 0. The Morgan fingerprint density at radius 1 is 1.35 bits per heavy atom. The van der Waals surface area contributed by atoms with Crippen molar-refractivity contribution in [3.63, 3.8) is 0 Å². The van der Waals surface area contributed by atoms with E-state index in [0.717, 1.165) is 5.56 Å². The van der Waals surface area contributed by atoms with E-state index in [1.165, 1.54) is 11.3 Å². The lowest BCUT2D eigenvalue weighted by Gasteiger charge is -2.14. The highest BCUT2D eigenvalue weighted by Gasteiger charge is 2.18. The van der Waals surface area contributed by atoms with Gasteiger partial charge in [0.25, 0.3) is 0 Å². The van der Waals surface area contributed by atoms with Crippen LogP contribution in [0.15, 0.2) is 29.0 Å². The summed E-state index contributed by atoms with van der Waals surface area (Å²) < 4.78 is 13.9. The van der Waals surface area contributed by atoms with Crippen molar-refractivity contribution in [1.29, 1.82) is 0 Å². The zero-order valence-corrected chi connectivity index (χ0v) is 11.5. The van der Waals surface area contributed by atoms with Crippen LogP contribution in [-0.2, 0) is 0 Å². The molecule has 0 saturated carbocycles. The van der Waals surface area contributed by atoms with Gasteiger partial charge in [-0.15, -0.1) is 12.4 Å². The van der Waals surface area contributed by atoms with Crippen LogP contribution in [0.1, 0.15) is 22.7 Å². The minimum atomic E-state index is -0.501. The fourth-order valence-corrected chi connectivity index (χ4v) is 2.54. The number of halogens is 3. The first-order chi connectivity index (χ1) is 7.61. The van der Waals surface area contributed by atoms with Crippen LogP contribution in [0.4, 0.5) is 4.39 Å². The van der Waals surface area contributed by atoms with Gasteiger partial charge in [-0.3, -0.25) is 0 Å². The molecule has 1 aromatic carbocycles. The maximum absolute atomic E-state index is 13.9. The molecule has 1 heterocycles. The topological polar surface area (TPSA) is 26.0 Å². The van der Waals surface area contributed by atoms with Crippen molar-refractivity contribution in [2.45, 2.75) is 13.0 Å². The summed E-state index contributed by atoms with van der Waals surface area (Å²) in [4.78, 5) is 0. The van der Waals surface area contributed by atoms with E-state index in [1.54, 1.807) is 19.1 Å². The maximum atomic E-state index is 13.9. The lowest BCUT2D eigenvalue weighted by molar-refractivity contribution is 0.591. The van der Waals surface area contributed by atoms with Crippen LogP contribution < -0.4 is 5.73 Å². The van der Waals surface area contributed by atoms with Gasteiger partial charge in [-0.1, -0.05) is 17.7 Å². The number of rotatable bonds is 2. The van der Waals surface area contributed by atoms with Crippen molar-refractivity contribution in [2.75, 3.05) is 0 Å². The van der Waals surface area contributed by atoms with Gasteiger partial charge in [-0.2, -0.15) is 11.3 Å². The summed E-state index contributed by atoms with van der Waals surface area (Å²) >= 11 is 7.53. The Morgan fingerprint density at radius 2 is 2.06 bits per heavy atom. The molecule has 0 radical (unpaired) electrons. The zero-order chi connectivity index (χ0) is 11.7. The number of hydrogen-bond donors (Lipinski definition) is 1. The van der Waals surface area contributed by atoms with Crippen LogP contribution in [0.25, 0.3) is 0 Å². The van der Waals surface area contributed by atoms with E-state index in [4.69, 9.17) is 17.3 Å². The van der Waals surface area contributed by atoms with Gasteiger partial charge < -0.3 is 5.73 Å². The summed E-state index contributed by atoms with van der Waals surface area (Å²) in [5, 5.41) is 4.20. The molecule has 0 saturated heterocycles. The van der Waals surface area contributed by atoms with E-state index >= 15 is 0 Å². The van der Waals surface area contributed by atoms with E-state index in [0.29, 0.717) is 16.1 Å². The summed E-state index contributed by atoms with van der Waals surface area (Å²) in [7, 11) is 0. The van der Waals surface area contributed by atoms with Gasteiger partial charge in [-0.25, -0.2) is 4.39 Å². The van der Waals surface area contributed by atoms with E-state index in [9.17, 15) is 4.39 Å². The number of hydrogen-bond acceptors (Lipinski definition) is 2. The van der Waals surface area contributed by atoms with Crippen molar-refractivity contribution in [2.24, 2.45) is 5.73 Å². The van der Waals surface area contributed by atoms with Crippen molar-refractivity contribution < 1.29 is 4.39 Å². The number of thiophene rings is 1. The van der Waals surface area contributed by atoms with Gasteiger partial charge in [0, 0.05) is 10.6 Å². The second-order valence-electron chi connectivity index (χ2n) is 3.63. The van der Waals surface area contributed by atoms with E-state index < -0.39 is 6.04 Å². The summed E-state index contributed by atoms with van der Waals surface area (Å²) in [5.74, 6) is -0.314. The predicted molar refractivity (Wildman–Crippen MR) is 73.7 cm³/mol. The predicted octanol–water partition coefficient (Wildman–Crippen LogP) is 4.32. The Hall–Kier alpha value is -0.610. The molecule has 2 rings (SSSR count). The molecule has 0 aliphatic rings. The van der Waals surface area contributed by atoms with Gasteiger partial charge in [0.05, 0.1) is 6.04 Å². The molecular weight excluding hydrogens is 280 g/mol. The highest BCUT2D eigenvalue weighted by Crippen LogP contribution is 2.31. The average Bonchev–Trinajstić information content (AvgIpc) is 2.77. The normalized spacial score (nSPS) is 12.0. The molecule has 1 nitrogen and oxygen atoms in total. The molecule has 2 N–H and O–H groups in total. The Balaban J connectivity index is 0.00000144. The lowest BCUT2D eigenvalue weighted by atomic mass is 9.99. The van der Waals surface area contributed by atoms with Crippen LogP contribution in [-0.4, -0.2) is 0 Å². The highest BCUT2D eigenvalue weighted by atomic mass is 35.5. The molecule has 17 heavy (non-hydrogen) atoms. The Morgan fingerprint density at radius 3 is 2.65 bits per heavy atom. The van der Waals surface area contributed by atoms with E-state index in [1.807, 2.05) is 16.8 Å². The van der Waals surface area contributed by atoms with Gasteiger partial charge in [-0.05, 0) is 40.9 Å². The molecule has 0 aliphatic carbocycles. The second-order valence-corrected chi connectivity index (χ2v) is 4.81. The Kier molecular flexibility index (Phi) is 4.95. The average molecular weight is 292 g/mol. The third kappa shape index (κ3) is 2.80. The highest BCUT2D eigenvalue weighted by molar-refractivity contribution is 7.08. The summed E-state index contributed by atoms with van der Waals surface area (Å²) in [5.41, 5.74) is 7.83. The first-order valence-electron chi connectivity index (χ1n) is 4.83. The number of benzene rings is 1. The largest absolute Gasteiger partial charge is 0.320 e. The molecule has 0 unspecified atom stereocenters. The SMILES string of the molecule is Cc1ccc(Cl)c([C@@H](N)c2ccsc2)c1F.Cl. The molecule has 0 amide bonds. The van der Waals surface area contributed by atoms with Gasteiger partial charge >= 0.3 is 0 Å². The fourth-order valence-electron chi connectivity index (χ4n) is 1.58. The smallest absolute Gasteiger partial charge is 0.132 e. The van der Waals surface area contributed by atoms with Crippen LogP contribution in [0.2, 0.25) is 5.02 Å². The lowest BCUT2D eigenvalue weighted by Crippen LogP contribution is -2.14. The van der Waals surface area contributed by atoms with Crippen LogP contribution in [0.3, 0.4) is 0 Å². The van der Waals surface area contributed by atoms with Crippen molar-refractivity contribution >= 4 is 35.3 Å². The molecule has 0 bridgehead atoms. The van der Waals surface area contributed by atoms with Gasteiger partial charge in [0.1, 0.15) is 5.82 Å². The molecule has 0 aliphatic heterocycles. The summed E-state index contributed by atoms with van der Waals surface area (Å²) in [6.07, 6.45) is 0. The molecule has 0 spiro atoms. The first kappa shape index (κ1) is 14.5. The molecular formula is C12H12Cl2FNS. The van der Waals surface area contributed by atoms with Crippen molar-refractivity contribution in [3.8, 4) is 0 Å². The molecule has 0 fully saturated rings. The molecule has 1 atom stereocenters. The second kappa shape index (κ2) is 5.83. The Labute approximate surface area is 115 Å². The molecule has 92 valence electrons. The molecule has 5 heteroatoms. The number of aryl methyl sites for hydroxylation is 1. The van der Waals surface area contributed by atoms with Gasteiger partial charge in [0.15, 0.2) is 0 Å². The number of nitrogens with two attached hydrogens (primary N) is 1. The summed E-state index contributed by atoms with van der Waals surface area (Å²) in [6, 6.07) is 4.72. The fraction of sp³-hybridized carbons (Fsp3) is 0.167. The van der Waals surface area contributed by atoms with E-state index in [2.05, 4.69) is 0 Å². The Bertz CT molecular complexity index is 499. The minimum Gasteiger partial charge on any atom is -0.320 e. The standard InChI is InChI=1S/C12H11ClFNS.ClH/c1-7-2-3-9(13)10(11(7)14)12(15)8-4-5-16-6-8;/h2-6,12H,15H2,1H3;1H/t12-;/m0./s1. The van der Waals surface area contributed by atoms with Crippen LogP contribution >= 0.6 is 35.3 Å². The van der Waals surface area contributed by atoms with Crippen LogP contribution in [0, 0.1) is 12.7 Å². The molecule has 2 aromatic rings. The summed E-state index contributed by atoms with van der Waals surface area (Å²) in [6.45, 7) is 1.70. The first-order valence-corrected chi connectivity index (χ1v) is 6.15. The van der Waals surface area contributed by atoms with E-state index in [-0.39, 0.29) is 18.2 Å². The van der Waals surface area contributed by atoms with Gasteiger partial charge in [0.2, 0.25) is 0 Å². The third-order valence-corrected chi connectivity index (χ3v) is 3.56. The van der Waals surface area contributed by atoms with Crippen LogP contribution in [0.5, 0.6) is 0 Å². The monoisotopic (exact) mass is 291 g/mol. The van der Waals surface area contributed by atoms with Crippen molar-refractivity contribution in [3.05, 3.63) is 56.5 Å². The van der Waals surface area contributed by atoms with Crippen molar-refractivity contribution in [1.82, 2.24) is 0 Å². The zero-order valence-electron chi connectivity index (χ0n) is 9.11. The maximum Gasteiger partial charge on any atom is 0.132 e. The quantitative estimate of drug-likeness (QED) is 0.876. The molecule has 1 aromatic heterocycles.